The first-order valence-electron chi connectivity index (χ1n) is 6.87. The summed E-state index contributed by atoms with van der Waals surface area (Å²) in [7, 11) is 0. The first-order valence-corrected chi connectivity index (χ1v) is 6.87. The number of nitrogens with one attached hydrogen (secondary N) is 2. The van der Waals surface area contributed by atoms with Gasteiger partial charge in [-0.05, 0) is 38.3 Å². The molecule has 104 valence electrons. The number of carboxylic acid groups (broad SMARTS) is 1. The van der Waals surface area contributed by atoms with Crippen molar-refractivity contribution in [2.24, 2.45) is 5.92 Å². The van der Waals surface area contributed by atoms with E-state index in [4.69, 9.17) is 5.11 Å². The summed E-state index contributed by atoms with van der Waals surface area (Å²) in [5.74, 6) is -0.0803. The lowest BCUT2D eigenvalue weighted by Crippen LogP contribution is -2.27. The Balaban J connectivity index is 1.87. The molecule has 1 amide bonds. The molecule has 5 nitrogen and oxygen atoms in total. The lowest BCUT2D eigenvalue weighted by atomic mass is 10.0. The van der Waals surface area contributed by atoms with E-state index in [-0.39, 0.29) is 12.3 Å². The van der Waals surface area contributed by atoms with Gasteiger partial charge in [-0.15, -0.1) is 0 Å². The number of amides is 1. The Morgan fingerprint density at radius 3 is 2.67 bits per heavy atom. The van der Waals surface area contributed by atoms with Crippen LogP contribution >= 0.6 is 0 Å². The van der Waals surface area contributed by atoms with Gasteiger partial charge in [-0.3, -0.25) is 9.59 Å². The molecule has 0 aromatic heterocycles. The standard InChI is InChI=1S/C13H24N2O3/c16-12(9-11-6-8-14-10-11)15-7-4-2-1-3-5-13(17)18/h11,14H,1-10H2,(H,15,16)(H,17,18). The number of hydrogen-bond donors (Lipinski definition) is 3. The Labute approximate surface area is 108 Å². The summed E-state index contributed by atoms with van der Waals surface area (Å²) in [5, 5.41) is 14.6. The van der Waals surface area contributed by atoms with Gasteiger partial charge in [-0.1, -0.05) is 12.8 Å². The number of unbranched alkanes of at least 4 members (excludes halogenated alkanes) is 3. The minimum absolute atomic E-state index is 0.147. The summed E-state index contributed by atoms with van der Waals surface area (Å²) in [6.07, 6.45) is 5.56. The van der Waals surface area contributed by atoms with Gasteiger partial charge in [0.1, 0.15) is 0 Å². The maximum Gasteiger partial charge on any atom is 0.303 e. The van der Waals surface area contributed by atoms with Crippen molar-refractivity contribution in [3.8, 4) is 0 Å². The topological polar surface area (TPSA) is 78.4 Å². The van der Waals surface area contributed by atoms with E-state index in [0.717, 1.165) is 45.2 Å². The minimum Gasteiger partial charge on any atom is -0.481 e. The average Bonchev–Trinajstić information content (AvgIpc) is 2.80. The Hall–Kier alpha value is -1.10. The van der Waals surface area contributed by atoms with Gasteiger partial charge in [0.2, 0.25) is 5.91 Å². The minimum atomic E-state index is -0.728. The van der Waals surface area contributed by atoms with E-state index in [9.17, 15) is 9.59 Å². The van der Waals surface area contributed by atoms with Crippen LogP contribution in [0.25, 0.3) is 0 Å². The van der Waals surface area contributed by atoms with Crippen LogP contribution in [0, 0.1) is 5.92 Å². The first kappa shape index (κ1) is 15.0. The van der Waals surface area contributed by atoms with E-state index in [1.54, 1.807) is 0 Å². The molecule has 3 N–H and O–H groups in total. The normalized spacial score (nSPS) is 18.8. The summed E-state index contributed by atoms with van der Waals surface area (Å²) in [6.45, 7) is 2.70. The Morgan fingerprint density at radius 1 is 1.22 bits per heavy atom. The van der Waals surface area contributed by atoms with Crippen molar-refractivity contribution in [3.05, 3.63) is 0 Å². The molecule has 1 fully saturated rings. The van der Waals surface area contributed by atoms with Gasteiger partial charge >= 0.3 is 5.97 Å². The summed E-state index contributed by atoms with van der Waals surface area (Å²) in [5.41, 5.74) is 0. The first-order chi connectivity index (χ1) is 8.68. The predicted molar refractivity (Wildman–Crippen MR) is 69.3 cm³/mol. The molecule has 0 spiro atoms. The highest BCUT2D eigenvalue weighted by Crippen LogP contribution is 2.11. The zero-order chi connectivity index (χ0) is 13.2. The average molecular weight is 256 g/mol. The Morgan fingerprint density at radius 2 is 2.00 bits per heavy atom. The van der Waals surface area contributed by atoms with E-state index in [0.29, 0.717) is 18.9 Å². The number of hydrogen-bond acceptors (Lipinski definition) is 3. The molecule has 1 rings (SSSR count). The van der Waals surface area contributed by atoms with Crippen LogP contribution < -0.4 is 10.6 Å². The fraction of sp³-hybridized carbons (Fsp3) is 0.846. The zero-order valence-corrected chi connectivity index (χ0v) is 10.9. The van der Waals surface area contributed by atoms with E-state index in [2.05, 4.69) is 10.6 Å². The maximum absolute atomic E-state index is 11.6. The largest absolute Gasteiger partial charge is 0.481 e. The third-order valence-electron chi connectivity index (χ3n) is 3.28. The quantitative estimate of drug-likeness (QED) is 0.540. The monoisotopic (exact) mass is 256 g/mol. The van der Waals surface area contributed by atoms with Crippen molar-refractivity contribution in [2.75, 3.05) is 19.6 Å². The van der Waals surface area contributed by atoms with Crippen LogP contribution in [0.3, 0.4) is 0 Å². The summed E-state index contributed by atoms with van der Waals surface area (Å²) >= 11 is 0. The van der Waals surface area contributed by atoms with Crippen molar-refractivity contribution in [3.63, 3.8) is 0 Å². The second kappa shape index (κ2) is 8.91. The van der Waals surface area contributed by atoms with Crippen molar-refractivity contribution >= 4 is 11.9 Å². The number of rotatable bonds is 9. The second-order valence-electron chi connectivity index (χ2n) is 4.97. The highest BCUT2D eigenvalue weighted by atomic mass is 16.4. The smallest absolute Gasteiger partial charge is 0.303 e. The summed E-state index contributed by atoms with van der Waals surface area (Å²) < 4.78 is 0. The molecule has 0 bridgehead atoms. The lowest BCUT2D eigenvalue weighted by Gasteiger charge is -2.08. The third-order valence-corrected chi connectivity index (χ3v) is 3.28. The fourth-order valence-corrected chi connectivity index (χ4v) is 2.21. The third kappa shape index (κ3) is 7.27. The molecule has 0 aromatic carbocycles. The van der Waals surface area contributed by atoms with Gasteiger partial charge in [0.15, 0.2) is 0 Å². The van der Waals surface area contributed by atoms with Gasteiger partial charge < -0.3 is 15.7 Å². The fourth-order valence-electron chi connectivity index (χ4n) is 2.21. The molecule has 1 saturated heterocycles. The molecule has 0 aliphatic carbocycles. The molecular weight excluding hydrogens is 232 g/mol. The molecule has 5 heteroatoms. The maximum atomic E-state index is 11.6. The second-order valence-corrected chi connectivity index (χ2v) is 4.97. The number of carboxylic acids is 1. The lowest BCUT2D eigenvalue weighted by molar-refractivity contribution is -0.137. The van der Waals surface area contributed by atoms with Gasteiger partial charge in [-0.25, -0.2) is 0 Å². The van der Waals surface area contributed by atoms with Crippen LogP contribution in [0.15, 0.2) is 0 Å². The molecule has 18 heavy (non-hydrogen) atoms. The molecule has 0 saturated carbocycles. The van der Waals surface area contributed by atoms with Crippen LogP contribution in [0.5, 0.6) is 0 Å². The van der Waals surface area contributed by atoms with Crippen molar-refractivity contribution < 1.29 is 14.7 Å². The summed E-state index contributed by atoms with van der Waals surface area (Å²) in [6, 6.07) is 0. The predicted octanol–water partition coefficient (Wildman–Crippen LogP) is 1.14. The van der Waals surface area contributed by atoms with Crippen molar-refractivity contribution in [1.29, 1.82) is 0 Å². The van der Waals surface area contributed by atoms with Gasteiger partial charge in [0.05, 0.1) is 0 Å². The van der Waals surface area contributed by atoms with Crippen LogP contribution in [-0.2, 0) is 9.59 Å². The molecular formula is C13H24N2O3. The van der Waals surface area contributed by atoms with Crippen molar-refractivity contribution in [2.45, 2.75) is 44.9 Å². The van der Waals surface area contributed by atoms with E-state index in [1.807, 2.05) is 0 Å². The zero-order valence-electron chi connectivity index (χ0n) is 10.9. The highest BCUT2D eigenvalue weighted by molar-refractivity contribution is 5.76. The van der Waals surface area contributed by atoms with E-state index < -0.39 is 5.97 Å². The molecule has 1 atom stereocenters. The van der Waals surface area contributed by atoms with E-state index >= 15 is 0 Å². The van der Waals surface area contributed by atoms with Crippen molar-refractivity contribution in [1.82, 2.24) is 10.6 Å². The number of carbonyl (C=O) groups is 2. The SMILES string of the molecule is O=C(O)CCCCCCNC(=O)CC1CCNC1. The van der Waals surface area contributed by atoms with Crippen LogP contribution in [0.4, 0.5) is 0 Å². The van der Waals surface area contributed by atoms with Crippen LogP contribution in [0.2, 0.25) is 0 Å². The van der Waals surface area contributed by atoms with Crippen LogP contribution in [-0.4, -0.2) is 36.6 Å². The number of carbonyl (C=O) groups excluding carboxylic acids is 1. The van der Waals surface area contributed by atoms with Gasteiger partial charge in [0, 0.05) is 19.4 Å². The Bertz CT molecular complexity index is 263. The molecule has 0 aromatic rings. The molecule has 0 radical (unpaired) electrons. The Kier molecular flexibility index (Phi) is 7.41. The van der Waals surface area contributed by atoms with Gasteiger partial charge in [0.25, 0.3) is 0 Å². The number of aliphatic carboxylic acids is 1. The van der Waals surface area contributed by atoms with Crippen LogP contribution in [0.1, 0.15) is 44.9 Å². The molecule has 1 aliphatic rings. The molecule has 1 heterocycles. The highest BCUT2D eigenvalue weighted by Gasteiger charge is 2.17. The van der Waals surface area contributed by atoms with E-state index in [1.165, 1.54) is 0 Å². The van der Waals surface area contributed by atoms with Gasteiger partial charge in [-0.2, -0.15) is 0 Å². The summed E-state index contributed by atoms with van der Waals surface area (Å²) in [4.78, 5) is 21.8. The molecule has 1 unspecified atom stereocenters. The molecule has 1 aliphatic heterocycles.